The maximum absolute atomic E-state index is 12.8. The molecule has 1 atom stereocenters. The number of nitrogens with zero attached hydrogens (tertiary/aromatic N) is 1. The van der Waals surface area contributed by atoms with Crippen molar-refractivity contribution < 1.29 is 35.9 Å². The average Bonchev–Trinajstić information content (AvgIpc) is 2.78. The van der Waals surface area contributed by atoms with E-state index >= 15 is 0 Å². The van der Waals surface area contributed by atoms with Crippen LogP contribution in [0.25, 0.3) is 0 Å². The number of alkyl halides is 6. The van der Waals surface area contributed by atoms with E-state index in [9.17, 15) is 31.1 Å². The third kappa shape index (κ3) is 4.12. The summed E-state index contributed by atoms with van der Waals surface area (Å²) in [5, 5.41) is 0. The first-order chi connectivity index (χ1) is 10.9. The summed E-state index contributed by atoms with van der Waals surface area (Å²) in [6.07, 6.45) is -11.0. The van der Waals surface area contributed by atoms with E-state index in [1.54, 1.807) is 13.8 Å². The Kier molecular flexibility index (Phi) is 4.74. The van der Waals surface area contributed by atoms with Gasteiger partial charge in [0.1, 0.15) is 6.10 Å². The van der Waals surface area contributed by atoms with Crippen LogP contribution in [0.15, 0.2) is 18.2 Å². The smallest absolute Gasteiger partial charge is 0.416 e. The minimum atomic E-state index is -4.91. The molecule has 1 fully saturated rings. The number of cyclic esters (lactones) is 1. The summed E-state index contributed by atoms with van der Waals surface area (Å²) in [6, 6.07) is 1.29. The maximum Gasteiger partial charge on any atom is 0.416 e. The van der Waals surface area contributed by atoms with Crippen molar-refractivity contribution in [1.82, 2.24) is 4.90 Å². The van der Waals surface area contributed by atoms with E-state index in [2.05, 4.69) is 0 Å². The summed E-state index contributed by atoms with van der Waals surface area (Å²) in [5.41, 5.74) is -3.06. The van der Waals surface area contributed by atoms with E-state index in [1.165, 1.54) is 0 Å². The Bertz CT molecular complexity index is 591. The molecule has 1 aromatic carbocycles. The SMILES string of the molecule is CC(C)[C@@H]1CN(Cc2cc(C(F)(F)F)cc(C(F)(F)F)c2)C(=O)O1. The molecule has 2 rings (SSSR count). The second kappa shape index (κ2) is 6.18. The highest BCUT2D eigenvalue weighted by atomic mass is 19.4. The molecule has 0 spiro atoms. The quantitative estimate of drug-likeness (QED) is 0.736. The van der Waals surface area contributed by atoms with Crippen molar-refractivity contribution in [3.8, 4) is 0 Å². The summed E-state index contributed by atoms with van der Waals surface area (Å²) in [4.78, 5) is 12.8. The Morgan fingerprint density at radius 3 is 1.96 bits per heavy atom. The molecule has 9 heteroatoms. The van der Waals surface area contributed by atoms with Gasteiger partial charge in [-0.25, -0.2) is 4.79 Å². The molecule has 0 saturated carbocycles. The van der Waals surface area contributed by atoms with Crippen LogP contribution < -0.4 is 0 Å². The molecular formula is C15H15F6NO2. The van der Waals surface area contributed by atoms with Crippen molar-refractivity contribution in [2.24, 2.45) is 5.92 Å². The van der Waals surface area contributed by atoms with Crippen LogP contribution in [0, 0.1) is 5.92 Å². The molecule has 0 radical (unpaired) electrons. The summed E-state index contributed by atoms with van der Waals surface area (Å²) >= 11 is 0. The standard InChI is InChI=1S/C15H15F6NO2/c1-8(2)12-7-22(13(23)24-12)6-9-3-10(14(16,17)18)5-11(4-9)15(19,20)21/h3-5,8,12H,6-7H2,1-2H3/t12-/m0/s1. The number of benzene rings is 1. The van der Waals surface area contributed by atoms with E-state index in [-0.39, 0.29) is 30.6 Å². The summed E-state index contributed by atoms with van der Waals surface area (Å²) < 4.78 is 82.0. The predicted molar refractivity (Wildman–Crippen MR) is 72.0 cm³/mol. The van der Waals surface area contributed by atoms with E-state index < -0.39 is 35.7 Å². The topological polar surface area (TPSA) is 29.5 Å². The minimum Gasteiger partial charge on any atom is -0.444 e. The first-order valence-electron chi connectivity index (χ1n) is 7.12. The van der Waals surface area contributed by atoms with Gasteiger partial charge in [0.2, 0.25) is 0 Å². The normalized spacial score (nSPS) is 19.1. The zero-order valence-corrected chi connectivity index (χ0v) is 12.8. The Balaban J connectivity index is 2.31. The van der Waals surface area contributed by atoms with Gasteiger partial charge in [-0.2, -0.15) is 26.3 Å². The van der Waals surface area contributed by atoms with E-state index in [0.29, 0.717) is 12.1 Å². The molecule has 1 amide bonds. The van der Waals surface area contributed by atoms with Crippen LogP contribution in [0.2, 0.25) is 0 Å². The second-order valence-electron chi connectivity index (χ2n) is 5.96. The Morgan fingerprint density at radius 2 is 1.58 bits per heavy atom. The average molecular weight is 355 g/mol. The molecule has 1 aromatic rings. The van der Waals surface area contributed by atoms with Gasteiger partial charge in [-0.1, -0.05) is 13.8 Å². The van der Waals surface area contributed by atoms with Gasteiger partial charge in [-0.05, 0) is 29.7 Å². The van der Waals surface area contributed by atoms with E-state index in [0.717, 1.165) is 4.90 Å². The van der Waals surface area contributed by atoms with Crippen molar-refractivity contribution in [1.29, 1.82) is 0 Å². The van der Waals surface area contributed by atoms with Gasteiger partial charge in [0.15, 0.2) is 0 Å². The number of hydrogen-bond donors (Lipinski definition) is 0. The maximum atomic E-state index is 12.8. The number of carbonyl (C=O) groups is 1. The monoisotopic (exact) mass is 355 g/mol. The summed E-state index contributed by atoms with van der Waals surface area (Å²) in [5.74, 6) is -0.00815. The zero-order chi connectivity index (χ0) is 18.3. The van der Waals surface area contributed by atoms with E-state index in [1.807, 2.05) is 0 Å². The van der Waals surface area contributed by atoms with Gasteiger partial charge in [-0.15, -0.1) is 0 Å². The van der Waals surface area contributed by atoms with Crippen molar-refractivity contribution in [2.75, 3.05) is 6.54 Å². The summed E-state index contributed by atoms with van der Waals surface area (Å²) in [6.45, 7) is 3.34. The van der Waals surface area contributed by atoms with Crippen LogP contribution in [-0.4, -0.2) is 23.6 Å². The highest BCUT2D eigenvalue weighted by molar-refractivity contribution is 5.70. The van der Waals surface area contributed by atoms with Crippen molar-refractivity contribution >= 4 is 6.09 Å². The Labute approximate surface area is 134 Å². The van der Waals surface area contributed by atoms with Crippen LogP contribution in [0.4, 0.5) is 31.1 Å². The van der Waals surface area contributed by atoms with Crippen LogP contribution in [0.3, 0.4) is 0 Å². The van der Waals surface area contributed by atoms with Crippen molar-refractivity contribution in [3.05, 3.63) is 34.9 Å². The number of ether oxygens (including phenoxy) is 1. The Morgan fingerprint density at radius 1 is 1.08 bits per heavy atom. The molecule has 1 aliphatic heterocycles. The molecule has 1 heterocycles. The lowest BCUT2D eigenvalue weighted by Crippen LogP contribution is -2.26. The van der Waals surface area contributed by atoms with Crippen molar-refractivity contribution in [2.45, 2.75) is 38.8 Å². The van der Waals surface area contributed by atoms with Crippen LogP contribution in [0.5, 0.6) is 0 Å². The fraction of sp³-hybridized carbons (Fsp3) is 0.533. The number of carbonyl (C=O) groups excluding carboxylic acids is 1. The lowest BCUT2D eigenvalue weighted by molar-refractivity contribution is -0.143. The highest BCUT2D eigenvalue weighted by Gasteiger charge is 2.38. The van der Waals surface area contributed by atoms with Gasteiger partial charge in [-0.3, -0.25) is 0 Å². The Hall–Kier alpha value is -1.93. The number of hydrogen-bond acceptors (Lipinski definition) is 2. The first-order valence-corrected chi connectivity index (χ1v) is 7.12. The van der Waals surface area contributed by atoms with Gasteiger partial charge in [0.05, 0.1) is 17.7 Å². The molecule has 1 aliphatic rings. The molecule has 0 N–H and O–H groups in total. The zero-order valence-electron chi connectivity index (χ0n) is 12.8. The molecule has 0 aliphatic carbocycles. The number of amides is 1. The molecule has 3 nitrogen and oxygen atoms in total. The first kappa shape index (κ1) is 18.4. The molecule has 0 unspecified atom stereocenters. The molecule has 1 saturated heterocycles. The number of rotatable bonds is 3. The fourth-order valence-corrected chi connectivity index (χ4v) is 2.34. The fourth-order valence-electron chi connectivity index (χ4n) is 2.34. The van der Waals surface area contributed by atoms with Gasteiger partial charge < -0.3 is 9.64 Å². The van der Waals surface area contributed by atoms with Gasteiger partial charge in [0, 0.05) is 6.54 Å². The third-order valence-corrected chi connectivity index (χ3v) is 3.68. The minimum absolute atomic E-state index is 0.00815. The van der Waals surface area contributed by atoms with Crippen LogP contribution in [0.1, 0.15) is 30.5 Å². The van der Waals surface area contributed by atoms with Crippen LogP contribution in [-0.2, 0) is 23.6 Å². The highest BCUT2D eigenvalue weighted by Crippen LogP contribution is 2.36. The molecule has 0 aromatic heterocycles. The van der Waals surface area contributed by atoms with Gasteiger partial charge >= 0.3 is 18.4 Å². The lowest BCUT2D eigenvalue weighted by atomic mass is 10.0. The van der Waals surface area contributed by atoms with Gasteiger partial charge in [0.25, 0.3) is 0 Å². The molecule has 24 heavy (non-hydrogen) atoms. The largest absolute Gasteiger partial charge is 0.444 e. The lowest BCUT2D eigenvalue weighted by Gasteiger charge is -2.17. The number of halogens is 6. The third-order valence-electron chi connectivity index (χ3n) is 3.68. The molecule has 134 valence electrons. The molecule has 0 bridgehead atoms. The predicted octanol–water partition coefficient (Wildman–Crippen LogP) is 4.70. The summed E-state index contributed by atoms with van der Waals surface area (Å²) in [7, 11) is 0. The molecular weight excluding hydrogens is 340 g/mol. The van der Waals surface area contributed by atoms with E-state index in [4.69, 9.17) is 4.74 Å². The van der Waals surface area contributed by atoms with Crippen LogP contribution >= 0.6 is 0 Å². The second-order valence-corrected chi connectivity index (χ2v) is 5.96. The van der Waals surface area contributed by atoms with Crippen molar-refractivity contribution in [3.63, 3.8) is 0 Å².